The fraction of sp³-hybridized carbons (Fsp3) is 0.0833. The normalized spacial score (nSPS) is 10.0. The first-order valence-corrected chi connectivity index (χ1v) is 5.05. The van der Waals surface area contributed by atoms with Crippen molar-refractivity contribution in [1.82, 2.24) is 9.78 Å². The molecule has 0 radical (unpaired) electrons. The van der Waals surface area contributed by atoms with E-state index in [1.807, 2.05) is 6.07 Å². The molecule has 6 heteroatoms. The first-order chi connectivity index (χ1) is 8.61. The summed E-state index contributed by atoms with van der Waals surface area (Å²) in [5, 5.41) is 21.4. The van der Waals surface area contributed by atoms with Gasteiger partial charge >= 0.3 is 5.97 Å². The Morgan fingerprint density at radius 2 is 2.28 bits per heavy atom. The van der Waals surface area contributed by atoms with Crippen molar-refractivity contribution in [2.45, 2.75) is 6.54 Å². The average Bonchev–Trinajstić information content (AvgIpc) is 2.80. The molecular weight excluding hydrogens is 237 g/mol. The molecule has 1 aromatic carbocycles. The molecule has 1 N–H and O–H groups in total. The van der Waals surface area contributed by atoms with Gasteiger partial charge in [0.15, 0.2) is 0 Å². The van der Waals surface area contributed by atoms with Gasteiger partial charge in [-0.3, -0.25) is 4.68 Å². The van der Waals surface area contributed by atoms with Crippen molar-refractivity contribution in [2.24, 2.45) is 0 Å². The maximum atomic E-state index is 13.5. The van der Waals surface area contributed by atoms with Crippen molar-refractivity contribution in [3.05, 3.63) is 53.1 Å². The molecular formula is C12H8FN3O2. The van der Waals surface area contributed by atoms with Gasteiger partial charge in [-0.2, -0.15) is 10.4 Å². The number of hydrogen-bond acceptors (Lipinski definition) is 3. The number of halogens is 1. The van der Waals surface area contributed by atoms with Crippen LogP contribution in [-0.4, -0.2) is 20.9 Å². The predicted molar refractivity (Wildman–Crippen MR) is 59.4 cm³/mol. The summed E-state index contributed by atoms with van der Waals surface area (Å²) in [5.41, 5.74) is 0.507. The number of aromatic nitrogens is 2. The number of aromatic carboxylic acids is 1. The van der Waals surface area contributed by atoms with E-state index in [1.165, 1.54) is 35.1 Å². The van der Waals surface area contributed by atoms with Crippen LogP contribution in [0.4, 0.5) is 4.39 Å². The molecule has 90 valence electrons. The lowest BCUT2D eigenvalue weighted by Crippen LogP contribution is -2.11. The van der Waals surface area contributed by atoms with Crippen molar-refractivity contribution < 1.29 is 14.3 Å². The fourth-order valence-electron chi connectivity index (χ4n) is 1.57. The highest BCUT2D eigenvalue weighted by atomic mass is 19.1. The van der Waals surface area contributed by atoms with E-state index in [0.717, 1.165) is 0 Å². The Balaban J connectivity index is 2.37. The Bertz CT molecular complexity index is 643. The van der Waals surface area contributed by atoms with Gasteiger partial charge in [-0.05, 0) is 24.3 Å². The molecule has 2 aromatic rings. The van der Waals surface area contributed by atoms with Gasteiger partial charge in [0.05, 0.1) is 18.2 Å². The molecule has 2 rings (SSSR count). The first-order valence-electron chi connectivity index (χ1n) is 5.05. The summed E-state index contributed by atoms with van der Waals surface area (Å²) in [6, 6.07) is 7.14. The number of hydrogen-bond donors (Lipinski definition) is 1. The molecule has 0 aliphatic rings. The van der Waals surface area contributed by atoms with Crippen LogP contribution in [0.5, 0.6) is 0 Å². The van der Waals surface area contributed by atoms with Crippen LogP contribution < -0.4 is 0 Å². The van der Waals surface area contributed by atoms with Gasteiger partial charge < -0.3 is 5.11 Å². The number of benzene rings is 1. The molecule has 0 atom stereocenters. The summed E-state index contributed by atoms with van der Waals surface area (Å²) in [5.74, 6) is -1.63. The van der Waals surface area contributed by atoms with Crippen LogP contribution in [0.3, 0.4) is 0 Å². The van der Waals surface area contributed by atoms with Gasteiger partial charge in [0.2, 0.25) is 0 Å². The molecule has 0 bridgehead atoms. The van der Waals surface area contributed by atoms with Crippen molar-refractivity contribution >= 4 is 5.97 Å². The molecule has 1 heterocycles. The Morgan fingerprint density at radius 1 is 1.50 bits per heavy atom. The van der Waals surface area contributed by atoms with E-state index in [9.17, 15) is 9.18 Å². The van der Waals surface area contributed by atoms with Gasteiger partial charge in [-0.15, -0.1) is 0 Å². The van der Waals surface area contributed by atoms with E-state index < -0.39 is 11.8 Å². The third-order valence-electron chi connectivity index (χ3n) is 2.43. The second-order valence-electron chi connectivity index (χ2n) is 3.60. The molecule has 0 spiro atoms. The number of nitriles is 1. The van der Waals surface area contributed by atoms with Crippen molar-refractivity contribution in [1.29, 1.82) is 5.26 Å². The minimum absolute atomic E-state index is 0.0308. The second-order valence-corrected chi connectivity index (χ2v) is 3.60. The zero-order valence-electron chi connectivity index (χ0n) is 9.17. The standard InChI is InChI=1S/C12H8FN3O2/c13-10-2-1-8(6-14)5-9(10)7-16-11(12(17)18)3-4-15-16/h1-5H,7H2,(H,17,18). The summed E-state index contributed by atoms with van der Waals surface area (Å²) in [6.07, 6.45) is 1.33. The van der Waals surface area contributed by atoms with Crippen LogP contribution in [0, 0.1) is 17.1 Å². The highest BCUT2D eigenvalue weighted by molar-refractivity contribution is 5.85. The molecule has 18 heavy (non-hydrogen) atoms. The SMILES string of the molecule is N#Cc1ccc(F)c(Cn2nccc2C(=O)O)c1. The van der Waals surface area contributed by atoms with Crippen LogP contribution in [0.25, 0.3) is 0 Å². The molecule has 0 aliphatic heterocycles. The topological polar surface area (TPSA) is 78.9 Å². The number of carboxylic acid groups (broad SMARTS) is 1. The second kappa shape index (κ2) is 4.67. The Hall–Kier alpha value is -2.68. The van der Waals surface area contributed by atoms with Crippen LogP contribution >= 0.6 is 0 Å². The summed E-state index contributed by atoms with van der Waals surface area (Å²) in [6.45, 7) is -0.0318. The van der Waals surface area contributed by atoms with E-state index in [0.29, 0.717) is 5.56 Å². The lowest BCUT2D eigenvalue weighted by molar-refractivity contribution is 0.0684. The molecule has 0 unspecified atom stereocenters. The third kappa shape index (κ3) is 2.20. The number of nitrogens with zero attached hydrogens (tertiary/aromatic N) is 3. The molecule has 0 amide bonds. The number of carboxylic acids is 1. The quantitative estimate of drug-likeness (QED) is 0.891. The van der Waals surface area contributed by atoms with Gasteiger partial charge in [0.1, 0.15) is 11.5 Å². The first kappa shape index (κ1) is 11.8. The van der Waals surface area contributed by atoms with Gasteiger partial charge in [-0.25, -0.2) is 9.18 Å². The van der Waals surface area contributed by atoms with E-state index in [1.54, 1.807) is 0 Å². The monoisotopic (exact) mass is 245 g/mol. The van der Waals surface area contributed by atoms with E-state index in [2.05, 4.69) is 5.10 Å². The van der Waals surface area contributed by atoms with E-state index in [4.69, 9.17) is 10.4 Å². The zero-order valence-corrected chi connectivity index (χ0v) is 9.17. The van der Waals surface area contributed by atoms with E-state index >= 15 is 0 Å². The van der Waals surface area contributed by atoms with Crippen molar-refractivity contribution in [2.75, 3.05) is 0 Å². The van der Waals surface area contributed by atoms with Crippen molar-refractivity contribution in [3.8, 4) is 6.07 Å². The third-order valence-corrected chi connectivity index (χ3v) is 2.43. The molecule has 0 saturated carbocycles. The smallest absolute Gasteiger partial charge is 0.354 e. The van der Waals surface area contributed by atoms with Gasteiger partial charge in [0.25, 0.3) is 0 Å². The lowest BCUT2D eigenvalue weighted by Gasteiger charge is -2.06. The van der Waals surface area contributed by atoms with E-state index in [-0.39, 0.29) is 17.8 Å². The summed E-state index contributed by atoms with van der Waals surface area (Å²) >= 11 is 0. The van der Waals surface area contributed by atoms with Crippen molar-refractivity contribution in [3.63, 3.8) is 0 Å². The van der Waals surface area contributed by atoms with Crippen LogP contribution in [0.15, 0.2) is 30.5 Å². The Labute approximate surface area is 102 Å². The minimum atomic E-state index is -1.13. The molecule has 0 fully saturated rings. The highest BCUT2D eigenvalue weighted by Crippen LogP contribution is 2.12. The Kier molecular flexibility index (Phi) is 3.06. The molecule has 0 saturated heterocycles. The fourth-order valence-corrected chi connectivity index (χ4v) is 1.57. The zero-order chi connectivity index (χ0) is 13.1. The van der Waals surface area contributed by atoms with Gasteiger partial charge in [0, 0.05) is 11.8 Å². The lowest BCUT2D eigenvalue weighted by atomic mass is 10.1. The molecule has 5 nitrogen and oxygen atoms in total. The predicted octanol–water partition coefficient (Wildman–Crippen LogP) is 1.64. The number of carbonyl (C=O) groups is 1. The largest absolute Gasteiger partial charge is 0.477 e. The van der Waals surface area contributed by atoms with Crippen LogP contribution in [0.2, 0.25) is 0 Å². The maximum absolute atomic E-state index is 13.5. The average molecular weight is 245 g/mol. The highest BCUT2D eigenvalue weighted by Gasteiger charge is 2.12. The summed E-state index contributed by atoms with van der Waals surface area (Å²) in [4.78, 5) is 10.9. The summed E-state index contributed by atoms with van der Waals surface area (Å²) < 4.78 is 14.7. The van der Waals surface area contributed by atoms with Crippen LogP contribution in [-0.2, 0) is 6.54 Å². The minimum Gasteiger partial charge on any atom is -0.477 e. The Morgan fingerprint density at radius 3 is 2.94 bits per heavy atom. The summed E-state index contributed by atoms with van der Waals surface area (Å²) in [7, 11) is 0. The molecule has 1 aromatic heterocycles. The number of rotatable bonds is 3. The molecule has 0 aliphatic carbocycles. The van der Waals surface area contributed by atoms with Crippen LogP contribution in [0.1, 0.15) is 21.6 Å². The van der Waals surface area contributed by atoms with Gasteiger partial charge in [-0.1, -0.05) is 0 Å². The maximum Gasteiger partial charge on any atom is 0.354 e.